The number of anilines is 1. The Hall–Kier alpha value is -2.96. The third kappa shape index (κ3) is 1.95. The number of nitro groups is 1. The molecular weight excluding hydrogens is 262 g/mol. The van der Waals surface area contributed by atoms with Gasteiger partial charge in [-0.3, -0.25) is 14.9 Å². The number of carbonyl (C=O) groups is 1. The maximum Gasteiger partial charge on any atom is 0.288 e. The smallest absolute Gasteiger partial charge is 0.288 e. The van der Waals surface area contributed by atoms with Crippen LogP contribution in [0.4, 0.5) is 11.4 Å². The first-order valence-electron chi connectivity index (χ1n) is 5.79. The molecule has 0 spiro atoms. The fourth-order valence-electron chi connectivity index (χ4n) is 1.90. The van der Waals surface area contributed by atoms with Crippen molar-refractivity contribution in [2.45, 2.75) is 6.92 Å². The third-order valence-corrected chi connectivity index (χ3v) is 2.88. The number of rotatable bonds is 1. The van der Waals surface area contributed by atoms with Crippen molar-refractivity contribution >= 4 is 17.3 Å². The van der Waals surface area contributed by atoms with Gasteiger partial charge in [0.15, 0.2) is 5.75 Å². The Morgan fingerprint density at radius 1 is 1.35 bits per heavy atom. The third-order valence-electron chi connectivity index (χ3n) is 2.88. The molecule has 1 N–H and O–H groups in total. The molecule has 20 heavy (non-hydrogen) atoms. The zero-order valence-corrected chi connectivity index (χ0v) is 10.4. The first-order valence-corrected chi connectivity index (χ1v) is 5.79. The summed E-state index contributed by atoms with van der Waals surface area (Å²) in [6, 6.07) is 6.45. The quantitative estimate of drug-likeness (QED) is 0.635. The molecule has 0 radical (unpaired) electrons. The summed E-state index contributed by atoms with van der Waals surface area (Å²) in [5.74, 6) is 0.0229. The molecular formula is C13H9N3O4. The molecule has 7 nitrogen and oxygen atoms in total. The molecule has 1 aliphatic rings. The molecule has 1 aromatic heterocycles. The standard InChI is InChI=1S/C13H9N3O4/c1-7-2-3-10-11(4-7)20-13-9(12(17)15-10)5-8(6-14-13)16(18)19/h2-6H,1H3,(H,15,17). The Bertz CT molecular complexity index is 742. The molecule has 0 saturated heterocycles. The van der Waals surface area contributed by atoms with Crippen LogP contribution in [0.1, 0.15) is 15.9 Å². The van der Waals surface area contributed by atoms with Gasteiger partial charge < -0.3 is 10.1 Å². The molecule has 0 unspecified atom stereocenters. The van der Waals surface area contributed by atoms with Crippen molar-refractivity contribution in [3.8, 4) is 11.6 Å². The van der Waals surface area contributed by atoms with Gasteiger partial charge in [0.05, 0.1) is 10.6 Å². The van der Waals surface area contributed by atoms with Crippen molar-refractivity contribution in [2.24, 2.45) is 0 Å². The lowest BCUT2D eigenvalue weighted by Gasteiger charge is -2.07. The highest BCUT2D eigenvalue weighted by atomic mass is 16.6. The predicted molar refractivity (Wildman–Crippen MR) is 70.1 cm³/mol. The van der Waals surface area contributed by atoms with Crippen molar-refractivity contribution in [3.63, 3.8) is 0 Å². The van der Waals surface area contributed by atoms with Gasteiger partial charge in [0.1, 0.15) is 11.8 Å². The van der Waals surface area contributed by atoms with Crippen LogP contribution in [-0.4, -0.2) is 15.8 Å². The van der Waals surface area contributed by atoms with Crippen molar-refractivity contribution in [1.82, 2.24) is 4.98 Å². The fraction of sp³-hybridized carbons (Fsp3) is 0.0769. The molecule has 2 heterocycles. The van der Waals surface area contributed by atoms with Crippen molar-refractivity contribution < 1.29 is 14.5 Å². The van der Waals surface area contributed by atoms with E-state index in [1.807, 2.05) is 13.0 Å². The second kappa shape index (κ2) is 4.30. The molecule has 3 rings (SSSR count). The van der Waals surface area contributed by atoms with Crippen LogP contribution in [0.25, 0.3) is 0 Å². The number of hydrogen-bond donors (Lipinski definition) is 1. The first kappa shape index (κ1) is 12.1. The Balaban J connectivity index is 2.13. The minimum atomic E-state index is -0.608. The molecule has 1 aliphatic heterocycles. The van der Waals surface area contributed by atoms with Gasteiger partial charge in [-0.15, -0.1) is 0 Å². The van der Waals surface area contributed by atoms with Crippen LogP contribution in [0.2, 0.25) is 0 Å². The van der Waals surface area contributed by atoms with Gasteiger partial charge >= 0.3 is 0 Å². The van der Waals surface area contributed by atoms with Crippen LogP contribution >= 0.6 is 0 Å². The van der Waals surface area contributed by atoms with E-state index in [9.17, 15) is 14.9 Å². The molecule has 0 aliphatic carbocycles. The average molecular weight is 271 g/mol. The fourth-order valence-corrected chi connectivity index (χ4v) is 1.90. The second-order valence-electron chi connectivity index (χ2n) is 4.36. The zero-order chi connectivity index (χ0) is 14.3. The first-order chi connectivity index (χ1) is 9.54. The van der Waals surface area contributed by atoms with Crippen LogP contribution < -0.4 is 10.1 Å². The van der Waals surface area contributed by atoms with Crippen molar-refractivity contribution in [2.75, 3.05) is 5.32 Å². The lowest BCUT2D eigenvalue weighted by atomic mass is 10.2. The summed E-state index contributed by atoms with van der Waals surface area (Å²) in [4.78, 5) is 26.1. The number of benzene rings is 1. The number of pyridine rings is 1. The maximum atomic E-state index is 12.1. The predicted octanol–water partition coefficient (Wildman–Crippen LogP) is 2.66. The number of aromatic nitrogens is 1. The number of amides is 1. The number of nitrogens with zero attached hydrogens (tertiary/aromatic N) is 2. The van der Waals surface area contributed by atoms with E-state index in [0.29, 0.717) is 11.4 Å². The van der Waals surface area contributed by atoms with E-state index < -0.39 is 10.8 Å². The van der Waals surface area contributed by atoms with Gasteiger partial charge in [-0.1, -0.05) is 6.07 Å². The Morgan fingerprint density at radius 2 is 2.15 bits per heavy atom. The van der Waals surface area contributed by atoms with E-state index in [1.54, 1.807) is 12.1 Å². The Kier molecular flexibility index (Phi) is 2.60. The van der Waals surface area contributed by atoms with Gasteiger partial charge in [-0.2, -0.15) is 0 Å². The van der Waals surface area contributed by atoms with Gasteiger partial charge in [0.2, 0.25) is 5.88 Å². The molecule has 0 saturated carbocycles. The lowest BCUT2D eigenvalue weighted by Crippen LogP contribution is -2.11. The Labute approximate surface area is 113 Å². The lowest BCUT2D eigenvalue weighted by molar-refractivity contribution is -0.385. The van der Waals surface area contributed by atoms with E-state index in [-0.39, 0.29) is 17.1 Å². The summed E-state index contributed by atoms with van der Waals surface area (Å²) in [5.41, 5.74) is 1.24. The summed E-state index contributed by atoms with van der Waals surface area (Å²) in [5, 5.41) is 13.4. The highest BCUT2D eigenvalue weighted by Crippen LogP contribution is 2.35. The molecule has 0 fully saturated rings. The van der Waals surface area contributed by atoms with E-state index in [4.69, 9.17) is 4.74 Å². The number of carbonyl (C=O) groups excluding carboxylic acids is 1. The van der Waals surface area contributed by atoms with Crippen LogP contribution in [0.5, 0.6) is 11.6 Å². The van der Waals surface area contributed by atoms with Crippen molar-refractivity contribution in [3.05, 3.63) is 51.7 Å². The molecule has 0 bridgehead atoms. The molecule has 1 amide bonds. The largest absolute Gasteiger partial charge is 0.436 e. The average Bonchev–Trinajstić information content (AvgIpc) is 2.54. The molecule has 1 aromatic carbocycles. The minimum Gasteiger partial charge on any atom is -0.436 e. The van der Waals surface area contributed by atoms with E-state index >= 15 is 0 Å². The Morgan fingerprint density at radius 3 is 2.90 bits per heavy atom. The van der Waals surface area contributed by atoms with Gasteiger partial charge in [-0.05, 0) is 24.6 Å². The molecule has 0 atom stereocenters. The van der Waals surface area contributed by atoms with Gasteiger partial charge in [0, 0.05) is 6.07 Å². The number of nitrogens with one attached hydrogen (secondary N) is 1. The number of fused-ring (bicyclic) bond motifs is 2. The van der Waals surface area contributed by atoms with Crippen LogP contribution in [0.15, 0.2) is 30.5 Å². The highest BCUT2D eigenvalue weighted by molar-refractivity contribution is 6.07. The normalized spacial score (nSPS) is 12.6. The zero-order valence-electron chi connectivity index (χ0n) is 10.4. The van der Waals surface area contributed by atoms with Gasteiger partial charge in [0.25, 0.3) is 11.6 Å². The van der Waals surface area contributed by atoms with Crippen molar-refractivity contribution in [1.29, 1.82) is 0 Å². The van der Waals surface area contributed by atoms with E-state index in [0.717, 1.165) is 17.8 Å². The highest BCUT2D eigenvalue weighted by Gasteiger charge is 2.24. The topological polar surface area (TPSA) is 94.4 Å². The van der Waals surface area contributed by atoms with Crippen LogP contribution in [-0.2, 0) is 0 Å². The number of hydrogen-bond acceptors (Lipinski definition) is 5. The molecule has 100 valence electrons. The van der Waals surface area contributed by atoms with E-state index in [1.165, 1.54) is 0 Å². The SMILES string of the molecule is Cc1ccc2c(c1)Oc1ncc([N+](=O)[O-])cc1C(=O)N2. The molecule has 7 heteroatoms. The maximum absolute atomic E-state index is 12.1. The number of ether oxygens (including phenoxy) is 1. The summed E-state index contributed by atoms with van der Waals surface area (Å²) in [7, 11) is 0. The van der Waals surface area contributed by atoms with E-state index in [2.05, 4.69) is 10.3 Å². The summed E-state index contributed by atoms with van der Waals surface area (Å²) in [6.45, 7) is 1.89. The number of aryl methyl sites for hydroxylation is 1. The summed E-state index contributed by atoms with van der Waals surface area (Å²) < 4.78 is 5.57. The summed E-state index contributed by atoms with van der Waals surface area (Å²) >= 11 is 0. The summed E-state index contributed by atoms with van der Waals surface area (Å²) in [6.07, 6.45) is 1.06. The van der Waals surface area contributed by atoms with Crippen LogP contribution in [0, 0.1) is 17.0 Å². The van der Waals surface area contributed by atoms with Crippen LogP contribution in [0.3, 0.4) is 0 Å². The minimum absolute atomic E-state index is 0.0352. The molecule has 2 aromatic rings. The monoisotopic (exact) mass is 271 g/mol. The van der Waals surface area contributed by atoms with Gasteiger partial charge in [-0.25, -0.2) is 4.98 Å². The second-order valence-corrected chi connectivity index (χ2v) is 4.36.